The first-order chi connectivity index (χ1) is 10.7. The monoisotopic (exact) mass is 380 g/mol. The standard InChI is InChI=1S/C17H18BrClN2O/c18-14-3-1-13(2-4-14)12-20-16-11-15(19)5-6-17(16)21-7-9-22-10-8-21/h1-6,11,20H,7-10,12H2. The molecule has 5 heteroatoms. The van der Waals surface area contributed by atoms with Crippen LogP contribution in [0.5, 0.6) is 0 Å². The molecular weight excluding hydrogens is 364 g/mol. The molecule has 0 radical (unpaired) electrons. The number of nitrogens with one attached hydrogen (secondary N) is 1. The number of benzene rings is 2. The first-order valence-electron chi connectivity index (χ1n) is 7.33. The third kappa shape index (κ3) is 3.94. The van der Waals surface area contributed by atoms with Crippen LogP contribution in [0.3, 0.4) is 0 Å². The van der Waals surface area contributed by atoms with Gasteiger partial charge in [-0.25, -0.2) is 0 Å². The van der Waals surface area contributed by atoms with Crippen LogP contribution in [0.4, 0.5) is 11.4 Å². The zero-order chi connectivity index (χ0) is 15.4. The molecule has 2 aromatic rings. The van der Waals surface area contributed by atoms with Crippen LogP contribution in [0.15, 0.2) is 46.9 Å². The Labute approximate surface area is 144 Å². The van der Waals surface area contributed by atoms with E-state index in [0.29, 0.717) is 0 Å². The molecule has 0 amide bonds. The maximum absolute atomic E-state index is 6.17. The smallest absolute Gasteiger partial charge is 0.0642 e. The summed E-state index contributed by atoms with van der Waals surface area (Å²) < 4.78 is 6.52. The Morgan fingerprint density at radius 2 is 1.82 bits per heavy atom. The van der Waals surface area contributed by atoms with E-state index in [4.69, 9.17) is 16.3 Å². The molecule has 0 unspecified atom stereocenters. The molecule has 22 heavy (non-hydrogen) atoms. The topological polar surface area (TPSA) is 24.5 Å². The van der Waals surface area contributed by atoms with Crippen molar-refractivity contribution < 1.29 is 4.74 Å². The van der Waals surface area contributed by atoms with Gasteiger partial charge < -0.3 is 15.0 Å². The van der Waals surface area contributed by atoms with Crippen LogP contribution >= 0.6 is 27.5 Å². The van der Waals surface area contributed by atoms with Gasteiger partial charge in [0.05, 0.1) is 24.6 Å². The zero-order valence-electron chi connectivity index (χ0n) is 12.2. The number of hydrogen-bond acceptors (Lipinski definition) is 3. The number of nitrogens with zero attached hydrogens (tertiary/aromatic N) is 1. The lowest BCUT2D eigenvalue weighted by Crippen LogP contribution is -2.36. The molecule has 0 aliphatic carbocycles. The van der Waals surface area contributed by atoms with Crippen molar-refractivity contribution in [3.05, 3.63) is 57.5 Å². The molecule has 3 rings (SSSR count). The molecule has 1 aliphatic rings. The first-order valence-corrected chi connectivity index (χ1v) is 8.50. The second-order valence-corrected chi connectivity index (χ2v) is 6.59. The van der Waals surface area contributed by atoms with Crippen molar-refractivity contribution in [2.45, 2.75) is 6.54 Å². The van der Waals surface area contributed by atoms with Gasteiger partial charge in [-0.15, -0.1) is 0 Å². The highest BCUT2D eigenvalue weighted by atomic mass is 79.9. The van der Waals surface area contributed by atoms with E-state index in [1.54, 1.807) is 0 Å². The molecule has 1 N–H and O–H groups in total. The molecular formula is C17H18BrClN2O. The number of anilines is 2. The molecule has 0 aromatic heterocycles. The average Bonchev–Trinajstić information content (AvgIpc) is 2.55. The van der Waals surface area contributed by atoms with Gasteiger partial charge in [-0.1, -0.05) is 39.7 Å². The SMILES string of the molecule is Clc1ccc(N2CCOCC2)c(NCc2ccc(Br)cc2)c1. The van der Waals surface area contributed by atoms with Gasteiger partial charge in [-0.2, -0.15) is 0 Å². The second kappa shape index (κ2) is 7.36. The van der Waals surface area contributed by atoms with Crippen molar-refractivity contribution in [3.63, 3.8) is 0 Å². The quantitative estimate of drug-likeness (QED) is 0.841. The molecule has 0 atom stereocenters. The van der Waals surface area contributed by atoms with Crippen LogP contribution < -0.4 is 10.2 Å². The minimum atomic E-state index is 0.746. The van der Waals surface area contributed by atoms with E-state index in [0.717, 1.165) is 48.0 Å². The Morgan fingerprint density at radius 3 is 2.55 bits per heavy atom. The predicted molar refractivity (Wildman–Crippen MR) is 96.0 cm³/mol. The average molecular weight is 382 g/mol. The van der Waals surface area contributed by atoms with Crippen LogP contribution in [0.1, 0.15) is 5.56 Å². The predicted octanol–water partition coefficient (Wildman–Crippen LogP) is 4.55. The lowest BCUT2D eigenvalue weighted by molar-refractivity contribution is 0.123. The van der Waals surface area contributed by atoms with Crippen LogP contribution in [0.2, 0.25) is 5.02 Å². The number of ether oxygens (including phenoxy) is 1. The third-order valence-corrected chi connectivity index (χ3v) is 4.47. The normalized spacial score (nSPS) is 14.9. The Balaban J connectivity index is 1.76. The van der Waals surface area contributed by atoms with Crippen molar-refractivity contribution in [2.75, 3.05) is 36.5 Å². The van der Waals surface area contributed by atoms with Crippen molar-refractivity contribution in [1.29, 1.82) is 0 Å². The van der Waals surface area contributed by atoms with Gasteiger partial charge in [-0.3, -0.25) is 0 Å². The van der Waals surface area contributed by atoms with E-state index in [-0.39, 0.29) is 0 Å². The highest BCUT2D eigenvalue weighted by Crippen LogP contribution is 2.30. The summed E-state index contributed by atoms with van der Waals surface area (Å²) in [5.74, 6) is 0. The van der Waals surface area contributed by atoms with Crippen molar-refractivity contribution in [1.82, 2.24) is 0 Å². The van der Waals surface area contributed by atoms with Crippen LogP contribution in [-0.2, 0) is 11.3 Å². The van der Waals surface area contributed by atoms with Gasteiger partial charge >= 0.3 is 0 Å². The van der Waals surface area contributed by atoms with Gasteiger partial charge in [0.2, 0.25) is 0 Å². The summed E-state index contributed by atoms with van der Waals surface area (Å²) >= 11 is 9.63. The number of hydrogen-bond donors (Lipinski definition) is 1. The molecule has 0 bridgehead atoms. The lowest BCUT2D eigenvalue weighted by Gasteiger charge is -2.30. The highest BCUT2D eigenvalue weighted by molar-refractivity contribution is 9.10. The molecule has 1 saturated heterocycles. The molecule has 0 spiro atoms. The minimum Gasteiger partial charge on any atom is -0.379 e. The van der Waals surface area contributed by atoms with Crippen LogP contribution in [-0.4, -0.2) is 26.3 Å². The number of rotatable bonds is 4. The van der Waals surface area contributed by atoms with E-state index in [2.05, 4.69) is 56.5 Å². The number of halogens is 2. The van der Waals surface area contributed by atoms with Crippen molar-refractivity contribution in [3.8, 4) is 0 Å². The van der Waals surface area contributed by atoms with Crippen molar-refractivity contribution >= 4 is 38.9 Å². The summed E-state index contributed by atoms with van der Waals surface area (Å²) in [6, 6.07) is 14.3. The fraction of sp³-hybridized carbons (Fsp3) is 0.294. The summed E-state index contributed by atoms with van der Waals surface area (Å²) in [5, 5.41) is 4.25. The second-order valence-electron chi connectivity index (χ2n) is 5.24. The largest absolute Gasteiger partial charge is 0.379 e. The molecule has 3 nitrogen and oxygen atoms in total. The van der Waals surface area contributed by atoms with E-state index in [1.807, 2.05) is 12.1 Å². The Kier molecular flexibility index (Phi) is 5.24. The van der Waals surface area contributed by atoms with E-state index in [9.17, 15) is 0 Å². The van der Waals surface area contributed by atoms with Gasteiger partial charge in [0.15, 0.2) is 0 Å². The Bertz CT molecular complexity index is 627. The van der Waals surface area contributed by atoms with Gasteiger partial charge in [0.1, 0.15) is 0 Å². The molecule has 1 fully saturated rings. The zero-order valence-corrected chi connectivity index (χ0v) is 14.5. The van der Waals surface area contributed by atoms with E-state index in [1.165, 1.54) is 11.3 Å². The van der Waals surface area contributed by atoms with Crippen molar-refractivity contribution in [2.24, 2.45) is 0 Å². The maximum Gasteiger partial charge on any atom is 0.0642 e. The van der Waals surface area contributed by atoms with Crippen LogP contribution in [0.25, 0.3) is 0 Å². The molecule has 1 heterocycles. The molecule has 116 valence electrons. The lowest BCUT2D eigenvalue weighted by atomic mass is 10.2. The van der Waals surface area contributed by atoms with Gasteiger partial charge in [0.25, 0.3) is 0 Å². The van der Waals surface area contributed by atoms with E-state index < -0.39 is 0 Å². The summed E-state index contributed by atoms with van der Waals surface area (Å²) in [6.07, 6.45) is 0. The summed E-state index contributed by atoms with van der Waals surface area (Å²) in [7, 11) is 0. The summed E-state index contributed by atoms with van der Waals surface area (Å²) in [4.78, 5) is 2.34. The summed E-state index contributed by atoms with van der Waals surface area (Å²) in [5.41, 5.74) is 3.48. The summed E-state index contributed by atoms with van der Waals surface area (Å²) in [6.45, 7) is 4.14. The fourth-order valence-electron chi connectivity index (χ4n) is 2.53. The first kappa shape index (κ1) is 15.7. The van der Waals surface area contributed by atoms with Gasteiger partial charge in [0, 0.05) is 29.1 Å². The number of morpholine rings is 1. The van der Waals surface area contributed by atoms with Crippen LogP contribution in [0, 0.1) is 0 Å². The highest BCUT2D eigenvalue weighted by Gasteiger charge is 2.15. The third-order valence-electron chi connectivity index (χ3n) is 3.71. The fourth-order valence-corrected chi connectivity index (χ4v) is 2.97. The van der Waals surface area contributed by atoms with E-state index >= 15 is 0 Å². The van der Waals surface area contributed by atoms with Gasteiger partial charge in [-0.05, 0) is 35.9 Å². The Morgan fingerprint density at radius 1 is 1.09 bits per heavy atom. The Hall–Kier alpha value is -1.23. The molecule has 1 aliphatic heterocycles. The maximum atomic E-state index is 6.17. The minimum absolute atomic E-state index is 0.746. The molecule has 0 saturated carbocycles. The molecule has 2 aromatic carbocycles.